The van der Waals surface area contributed by atoms with E-state index in [4.69, 9.17) is 25.8 Å². The Kier molecular flexibility index (Phi) is 4.12. The zero-order valence-corrected chi connectivity index (χ0v) is 13.6. The smallest absolute Gasteiger partial charge is 0.231 e. The Morgan fingerprint density at radius 2 is 2.00 bits per heavy atom. The van der Waals surface area contributed by atoms with Crippen molar-refractivity contribution in [2.75, 3.05) is 19.2 Å². The molecule has 6 heteroatoms. The van der Waals surface area contributed by atoms with E-state index in [9.17, 15) is 0 Å². The van der Waals surface area contributed by atoms with Crippen molar-refractivity contribution in [3.05, 3.63) is 45.4 Å². The Labute approximate surface area is 136 Å². The van der Waals surface area contributed by atoms with E-state index < -0.39 is 0 Å². The van der Waals surface area contributed by atoms with Gasteiger partial charge in [0.15, 0.2) is 11.5 Å². The van der Waals surface area contributed by atoms with Gasteiger partial charge in [-0.25, -0.2) is 0 Å². The molecule has 0 fully saturated rings. The quantitative estimate of drug-likeness (QED) is 0.863. The van der Waals surface area contributed by atoms with Crippen molar-refractivity contribution in [2.24, 2.45) is 0 Å². The van der Waals surface area contributed by atoms with E-state index in [1.165, 1.54) is 0 Å². The molecular formula is C15H13BrClNO3. The molecule has 2 aromatic carbocycles. The zero-order chi connectivity index (χ0) is 14.8. The van der Waals surface area contributed by atoms with Crippen LogP contribution in [0.3, 0.4) is 0 Å². The van der Waals surface area contributed by atoms with E-state index in [-0.39, 0.29) is 6.79 Å². The molecule has 1 heterocycles. The molecule has 1 aliphatic heterocycles. The Bertz CT molecular complexity index is 678. The van der Waals surface area contributed by atoms with Gasteiger partial charge in [-0.1, -0.05) is 27.5 Å². The van der Waals surface area contributed by atoms with E-state index in [0.29, 0.717) is 17.3 Å². The fourth-order valence-electron chi connectivity index (χ4n) is 2.07. The number of benzene rings is 2. The summed E-state index contributed by atoms with van der Waals surface area (Å²) in [5.74, 6) is 2.19. The number of anilines is 1. The number of hydrogen-bond donors (Lipinski definition) is 1. The highest BCUT2D eigenvalue weighted by Crippen LogP contribution is 2.37. The van der Waals surface area contributed by atoms with Gasteiger partial charge in [0, 0.05) is 16.7 Å². The summed E-state index contributed by atoms with van der Waals surface area (Å²) in [7, 11) is 1.60. The molecule has 4 nitrogen and oxygen atoms in total. The van der Waals surface area contributed by atoms with E-state index >= 15 is 0 Å². The highest BCUT2D eigenvalue weighted by Gasteiger charge is 2.16. The molecule has 0 amide bonds. The van der Waals surface area contributed by atoms with Crippen LogP contribution in [0.25, 0.3) is 0 Å². The van der Waals surface area contributed by atoms with Crippen LogP contribution < -0.4 is 19.5 Å². The lowest BCUT2D eigenvalue weighted by atomic mass is 10.2. The van der Waals surface area contributed by atoms with Crippen LogP contribution >= 0.6 is 27.5 Å². The maximum absolute atomic E-state index is 6.11. The van der Waals surface area contributed by atoms with Crippen LogP contribution in [-0.2, 0) is 6.54 Å². The molecule has 0 aliphatic carbocycles. The topological polar surface area (TPSA) is 39.7 Å². The summed E-state index contributed by atoms with van der Waals surface area (Å²) in [6.45, 7) is 0.909. The second-order valence-electron chi connectivity index (χ2n) is 4.50. The summed E-state index contributed by atoms with van der Waals surface area (Å²) in [6, 6.07) is 9.47. The third-order valence-corrected chi connectivity index (χ3v) is 4.21. The Balaban J connectivity index is 1.74. The lowest BCUT2D eigenvalue weighted by molar-refractivity contribution is 0.174. The molecular weight excluding hydrogens is 358 g/mol. The van der Waals surface area contributed by atoms with Gasteiger partial charge in [0.05, 0.1) is 12.1 Å². The number of fused-ring (bicyclic) bond motifs is 1. The van der Waals surface area contributed by atoms with Crippen LogP contribution in [0.5, 0.6) is 17.2 Å². The standard InChI is InChI=1S/C15H13BrClNO3/c1-19-13-3-2-10(5-12(13)17)18-7-9-4-14-15(6-11(9)16)21-8-20-14/h2-6,18H,7-8H2,1H3. The number of methoxy groups -OCH3 is 1. The van der Waals surface area contributed by atoms with Crippen LogP contribution in [-0.4, -0.2) is 13.9 Å². The second-order valence-corrected chi connectivity index (χ2v) is 5.76. The van der Waals surface area contributed by atoms with Crippen LogP contribution in [0, 0.1) is 0 Å². The fourth-order valence-corrected chi connectivity index (χ4v) is 2.79. The van der Waals surface area contributed by atoms with Crippen molar-refractivity contribution in [3.8, 4) is 17.2 Å². The lowest BCUT2D eigenvalue weighted by Crippen LogP contribution is -2.00. The third kappa shape index (κ3) is 3.04. The number of rotatable bonds is 4. The lowest BCUT2D eigenvalue weighted by Gasteiger charge is -2.11. The van der Waals surface area contributed by atoms with Gasteiger partial charge in [-0.15, -0.1) is 0 Å². The minimum atomic E-state index is 0.271. The first-order valence-corrected chi connectivity index (χ1v) is 7.50. The van der Waals surface area contributed by atoms with Gasteiger partial charge >= 0.3 is 0 Å². The van der Waals surface area contributed by atoms with E-state index in [1.807, 2.05) is 30.3 Å². The van der Waals surface area contributed by atoms with Crippen molar-refractivity contribution < 1.29 is 14.2 Å². The van der Waals surface area contributed by atoms with Gasteiger partial charge in [0.2, 0.25) is 6.79 Å². The molecule has 0 saturated heterocycles. The van der Waals surface area contributed by atoms with E-state index in [2.05, 4.69) is 21.2 Å². The Hall–Kier alpha value is -1.59. The average Bonchev–Trinajstić information content (AvgIpc) is 2.92. The molecule has 0 unspecified atom stereocenters. The van der Waals surface area contributed by atoms with Crippen molar-refractivity contribution >= 4 is 33.2 Å². The number of hydrogen-bond acceptors (Lipinski definition) is 4. The van der Waals surface area contributed by atoms with Gasteiger partial charge < -0.3 is 19.5 Å². The molecule has 0 bridgehead atoms. The minimum absolute atomic E-state index is 0.271. The molecule has 0 aromatic heterocycles. The van der Waals surface area contributed by atoms with Crippen molar-refractivity contribution in [1.29, 1.82) is 0 Å². The summed E-state index contributed by atoms with van der Waals surface area (Å²) in [4.78, 5) is 0. The minimum Gasteiger partial charge on any atom is -0.495 e. The maximum atomic E-state index is 6.11. The van der Waals surface area contributed by atoms with Gasteiger partial charge in [0.25, 0.3) is 0 Å². The molecule has 0 radical (unpaired) electrons. The van der Waals surface area contributed by atoms with Crippen molar-refractivity contribution in [2.45, 2.75) is 6.54 Å². The van der Waals surface area contributed by atoms with Gasteiger partial charge in [-0.05, 0) is 35.9 Å². The third-order valence-electron chi connectivity index (χ3n) is 3.18. The largest absolute Gasteiger partial charge is 0.495 e. The molecule has 3 rings (SSSR count). The normalized spacial score (nSPS) is 12.3. The fraction of sp³-hybridized carbons (Fsp3) is 0.200. The van der Waals surface area contributed by atoms with Crippen LogP contribution in [0.15, 0.2) is 34.8 Å². The molecule has 110 valence electrons. The number of nitrogens with one attached hydrogen (secondary N) is 1. The Morgan fingerprint density at radius 1 is 1.24 bits per heavy atom. The van der Waals surface area contributed by atoms with Crippen molar-refractivity contribution in [3.63, 3.8) is 0 Å². The molecule has 1 aliphatic rings. The summed E-state index contributed by atoms with van der Waals surface area (Å²) in [5, 5.41) is 3.89. The predicted octanol–water partition coefficient (Wildman–Crippen LogP) is 4.45. The first-order valence-electron chi connectivity index (χ1n) is 6.33. The van der Waals surface area contributed by atoms with Crippen LogP contribution in [0.2, 0.25) is 5.02 Å². The maximum Gasteiger partial charge on any atom is 0.231 e. The summed E-state index contributed by atoms with van der Waals surface area (Å²) >= 11 is 9.65. The molecule has 0 spiro atoms. The highest BCUT2D eigenvalue weighted by atomic mass is 79.9. The molecule has 21 heavy (non-hydrogen) atoms. The molecule has 2 aromatic rings. The molecule has 0 saturated carbocycles. The van der Waals surface area contributed by atoms with Crippen LogP contribution in [0.4, 0.5) is 5.69 Å². The number of ether oxygens (including phenoxy) is 3. The monoisotopic (exact) mass is 369 g/mol. The Morgan fingerprint density at radius 3 is 2.71 bits per heavy atom. The van der Waals surface area contributed by atoms with Crippen LogP contribution in [0.1, 0.15) is 5.56 Å². The summed E-state index contributed by atoms with van der Waals surface area (Å²) in [5.41, 5.74) is 2.00. The van der Waals surface area contributed by atoms with Gasteiger partial charge in [0.1, 0.15) is 5.75 Å². The first kappa shape index (κ1) is 14.4. The van der Waals surface area contributed by atoms with Gasteiger partial charge in [-0.3, -0.25) is 0 Å². The highest BCUT2D eigenvalue weighted by molar-refractivity contribution is 9.10. The molecule has 0 atom stereocenters. The summed E-state index contributed by atoms with van der Waals surface area (Å²) in [6.07, 6.45) is 0. The zero-order valence-electron chi connectivity index (χ0n) is 11.3. The van der Waals surface area contributed by atoms with Crippen molar-refractivity contribution in [1.82, 2.24) is 0 Å². The second kappa shape index (κ2) is 6.03. The van der Waals surface area contributed by atoms with E-state index in [0.717, 1.165) is 27.2 Å². The predicted molar refractivity (Wildman–Crippen MR) is 85.6 cm³/mol. The molecule has 1 N–H and O–H groups in total. The average molecular weight is 371 g/mol. The van der Waals surface area contributed by atoms with Gasteiger partial charge in [-0.2, -0.15) is 0 Å². The SMILES string of the molecule is COc1ccc(NCc2cc3c(cc2Br)OCO3)cc1Cl. The van der Waals surface area contributed by atoms with E-state index in [1.54, 1.807) is 7.11 Å². The first-order chi connectivity index (χ1) is 10.2. The summed E-state index contributed by atoms with van der Waals surface area (Å²) < 4.78 is 16.8. The number of halogens is 2.